The van der Waals surface area contributed by atoms with E-state index in [9.17, 15) is 9.18 Å². The molecule has 0 radical (unpaired) electrons. The summed E-state index contributed by atoms with van der Waals surface area (Å²) >= 11 is 6.96. The molecule has 1 amide bonds. The smallest absolute Gasteiger partial charge is 0.277 e. The lowest BCUT2D eigenvalue weighted by atomic mass is 10.3. The van der Waals surface area contributed by atoms with E-state index in [0.717, 1.165) is 11.8 Å². The molecule has 0 aliphatic rings. The molecule has 0 aliphatic carbocycles. The molecule has 1 N–H and O–H groups in total. The van der Waals surface area contributed by atoms with Gasteiger partial charge < -0.3 is 14.5 Å². The van der Waals surface area contributed by atoms with Crippen molar-refractivity contribution in [1.29, 1.82) is 0 Å². The standard InChI is InChI=1S/C18H15ClFN3O3S/c1-11(25-15-8-3-2-7-14(15)20)17-22-23-18(26-17)27-10-16(24)21-13-6-4-5-12(19)9-13/h2-9,11H,10H2,1H3,(H,21,24)/t11-/m0/s1. The summed E-state index contributed by atoms with van der Waals surface area (Å²) in [4.78, 5) is 12.0. The van der Waals surface area contributed by atoms with Crippen LogP contribution in [-0.4, -0.2) is 21.9 Å². The van der Waals surface area contributed by atoms with Crippen LogP contribution < -0.4 is 10.1 Å². The molecule has 0 unspecified atom stereocenters. The Labute approximate surface area is 164 Å². The van der Waals surface area contributed by atoms with Crippen molar-refractivity contribution in [2.24, 2.45) is 0 Å². The van der Waals surface area contributed by atoms with Crippen LogP contribution in [0.5, 0.6) is 5.75 Å². The van der Waals surface area contributed by atoms with E-state index in [1.54, 1.807) is 43.3 Å². The van der Waals surface area contributed by atoms with Crippen molar-refractivity contribution in [1.82, 2.24) is 10.2 Å². The third-order valence-corrected chi connectivity index (χ3v) is 4.40. The molecule has 0 fully saturated rings. The average Bonchev–Trinajstić information content (AvgIpc) is 3.11. The van der Waals surface area contributed by atoms with Crippen LogP contribution >= 0.6 is 23.4 Å². The minimum Gasteiger partial charge on any atom is -0.478 e. The molecule has 0 bridgehead atoms. The van der Waals surface area contributed by atoms with Crippen molar-refractivity contribution in [3.63, 3.8) is 0 Å². The maximum Gasteiger partial charge on any atom is 0.277 e. The first-order valence-electron chi connectivity index (χ1n) is 7.94. The van der Waals surface area contributed by atoms with E-state index in [-0.39, 0.29) is 28.5 Å². The number of halogens is 2. The van der Waals surface area contributed by atoms with Gasteiger partial charge in [-0.25, -0.2) is 4.39 Å². The molecule has 9 heteroatoms. The van der Waals surface area contributed by atoms with Gasteiger partial charge in [0.15, 0.2) is 17.7 Å². The average molecular weight is 408 g/mol. The van der Waals surface area contributed by atoms with Crippen molar-refractivity contribution in [2.45, 2.75) is 18.3 Å². The largest absolute Gasteiger partial charge is 0.478 e. The zero-order valence-electron chi connectivity index (χ0n) is 14.2. The monoisotopic (exact) mass is 407 g/mol. The van der Waals surface area contributed by atoms with Crippen LogP contribution in [0.2, 0.25) is 5.02 Å². The quantitative estimate of drug-likeness (QED) is 0.570. The van der Waals surface area contributed by atoms with E-state index < -0.39 is 11.9 Å². The lowest BCUT2D eigenvalue weighted by Crippen LogP contribution is -2.13. The number of hydrogen-bond donors (Lipinski definition) is 1. The van der Waals surface area contributed by atoms with Crippen molar-refractivity contribution in [2.75, 3.05) is 11.1 Å². The Morgan fingerprint density at radius 3 is 2.89 bits per heavy atom. The predicted octanol–water partition coefficient (Wildman–Crippen LogP) is 4.73. The molecule has 2 aromatic carbocycles. The van der Waals surface area contributed by atoms with Crippen LogP contribution in [0.3, 0.4) is 0 Å². The molecule has 1 aromatic heterocycles. The van der Waals surface area contributed by atoms with E-state index in [1.807, 2.05) is 0 Å². The molecule has 140 valence electrons. The topological polar surface area (TPSA) is 77.2 Å². The lowest BCUT2D eigenvalue weighted by Gasteiger charge is -2.11. The molecule has 0 spiro atoms. The van der Waals surface area contributed by atoms with E-state index in [2.05, 4.69) is 15.5 Å². The molecular weight excluding hydrogens is 393 g/mol. The van der Waals surface area contributed by atoms with Crippen molar-refractivity contribution in [3.8, 4) is 5.75 Å². The number of para-hydroxylation sites is 1. The third kappa shape index (κ3) is 5.45. The van der Waals surface area contributed by atoms with Gasteiger partial charge in [-0.15, -0.1) is 10.2 Å². The Hall–Kier alpha value is -2.58. The number of ether oxygens (including phenoxy) is 1. The van der Waals surface area contributed by atoms with Gasteiger partial charge in [-0.1, -0.05) is 41.6 Å². The van der Waals surface area contributed by atoms with Crippen LogP contribution in [0.4, 0.5) is 10.1 Å². The molecule has 27 heavy (non-hydrogen) atoms. The highest BCUT2D eigenvalue weighted by Gasteiger charge is 2.18. The molecule has 3 rings (SSSR count). The normalized spacial score (nSPS) is 11.8. The molecule has 0 saturated carbocycles. The van der Waals surface area contributed by atoms with Gasteiger partial charge in [0.05, 0.1) is 5.75 Å². The number of hydrogen-bond acceptors (Lipinski definition) is 6. The van der Waals surface area contributed by atoms with Crippen molar-refractivity contribution in [3.05, 3.63) is 65.3 Å². The van der Waals surface area contributed by atoms with Gasteiger partial charge in [-0.3, -0.25) is 4.79 Å². The van der Waals surface area contributed by atoms with E-state index >= 15 is 0 Å². The van der Waals surface area contributed by atoms with Crippen LogP contribution in [-0.2, 0) is 4.79 Å². The summed E-state index contributed by atoms with van der Waals surface area (Å²) in [6.45, 7) is 1.67. The first-order valence-corrected chi connectivity index (χ1v) is 9.30. The van der Waals surface area contributed by atoms with Gasteiger partial charge in [0, 0.05) is 10.7 Å². The van der Waals surface area contributed by atoms with Gasteiger partial charge >= 0.3 is 0 Å². The highest BCUT2D eigenvalue weighted by molar-refractivity contribution is 7.99. The third-order valence-electron chi connectivity index (χ3n) is 3.35. The summed E-state index contributed by atoms with van der Waals surface area (Å²) in [5.41, 5.74) is 0.603. The molecule has 1 atom stereocenters. The molecule has 6 nitrogen and oxygen atoms in total. The second-order valence-corrected chi connectivity index (χ2v) is 6.81. The molecule has 1 heterocycles. The first kappa shape index (κ1) is 19.2. The number of nitrogens with one attached hydrogen (secondary N) is 1. The number of amides is 1. The second kappa shape index (κ2) is 8.88. The number of anilines is 1. The van der Waals surface area contributed by atoms with Crippen molar-refractivity contribution < 1.29 is 18.3 Å². The number of carbonyl (C=O) groups excluding carboxylic acids is 1. The first-order chi connectivity index (χ1) is 13.0. The predicted molar refractivity (Wildman–Crippen MR) is 101 cm³/mol. The maximum atomic E-state index is 13.6. The van der Waals surface area contributed by atoms with Gasteiger partial charge in [-0.05, 0) is 37.3 Å². The van der Waals surface area contributed by atoms with Gasteiger partial charge in [0.1, 0.15) is 0 Å². The van der Waals surface area contributed by atoms with Crippen molar-refractivity contribution >= 4 is 35.0 Å². The van der Waals surface area contributed by atoms with Crippen LogP contribution in [0.1, 0.15) is 18.9 Å². The van der Waals surface area contributed by atoms with Gasteiger partial charge in [-0.2, -0.15) is 0 Å². The summed E-state index contributed by atoms with van der Waals surface area (Å²) < 4.78 is 24.6. The lowest BCUT2D eigenvalue weighted by molar-refractivity contribution is -0.113. The molecule has 3 aromatic rings. The SMILES string of the molecule is C[C@H](Oc1ccccc1F)c1nnc(SCC(=O)Nc2cccc(Cl)c2)o1. The van der Waals surface area contributed by atoms with Crippen LogP contribution in [0.25, 0.3) is 0 Å². The zero-order chi connectivity index (χ0) is 19.2. The second-order valence-electron chi connectivity index (χ2n) is 5.44. The Morgan fingerprint density at radius 2 is 2.11 bits per heavy atom. The minimum atomic E-state index is -0.635. The Bertz CT molecular complexity index is 937. The number of benzene rings is 2. The fraction of sp³-hybridized carbons (Fsp3) is 0.167. The van der Waals surface area contributed by atoms with Gasteiger partial charge in [0.25, 0.3) is 11.1 Å². The van der Waals surface area contributed by atoms with E-state index in [1.165, 1.54) is 12.1 Å². The summed E-state index contributed by atoms with van der Waals surface area (Å²) in [5.74, 6) is -0.348. The summed E-state index contributed by atoms with van der Waals surface area (Å²) in [6, 6.07) is 12.9. The Balaban J connectivity index is 1.53. The summed E-state index contributed by atoms with van der Waals surface area (Å²) in [6.07, 6.45) is -0.635. The van der Waals surface area contributed by atoms with Crippen LogP contribution in [0.15, 0.2) is 58.2 Å². The molecule has 0 saturated heterocycles. The molecular formula is C18H15ClFN3O3S. The van der Waals surface area contributed by atoms with E-state index in [4.69, 9.17) is 20.8 Å². The number of nitrogens with zero attached hydrogens (tertiary/aromatic N) is 2. The zero-order valence-corrected chi connectivity index (χ0v) is 15.8. The summed E-state index contributed by atoms with van der Waals surface area (Å²) in [5, 5.41) is 11.2. The van der Waals surface area contributed by atoms with Gasteiger partial charge in [0.2, 0.25) is 5.91 Å². The van der Waals surface area contributed by atoms with E-state index in [0.29, 0.717) is 10.7 Å². The number of rotatable bonds is 7. The number of aromatic nitrogens is 2. The summed E-state index contributed by atoms with van der Waals surface area (Å²) in [7, 11) is 0. The number of thioether (sulfide) groups is 1. The highest BCUT2D eigenvalue weighted by Crippen LogP contribution is 2.25. The molecule has 0 aliphatic heterocycles. The maximum absolute atomic E-state index is 13.6. The fourth-order valence-corrected chi connectivity index (χ4v) is 2.87. The number of carbonyl (C=O) groups is 1. The Morgan fingerprint density at radius 1 is 1.30 bits per heavy atom. The fourth-order valence-electron chi connectivity index (χ4n) is 2.11. The minimum absolute atomic E-state index is 0.0801. The van der Waals surface area contributed by atoms with Crippen LogP contribution in [0, 0.1) is 5.82 Å². The highest BCUT2D eigenvalue weighted by atomic mass is 35.5. The Kier molecular flexibility index (Phi) is 6.31.